The summed E-state index contributed by atoms with van der Waals surface area (Å²) in [5, 5.41) is 10.6. The number of hydrogen-bond donors (Lipinski definition) is 1. The Morgan fingerprint density at radius 3 is 2.22 bits per heavy atom. The second-order valence-corrected chi connectivity index (χ2v) is 5.94. The Morgan fingerprint density at radius 2 is 1.70 bits per heavy atom. The number of esters is 2. The van der Waals surface area contributed by atoms with E-state index in [0.717, 1.165) is 0 Å². The molecule has 1 saturated carbocycles. The fourth-order valence-electron chi connectivity index (χ4n) is 3.34. The standard InChI is InChI=1S/C17H20O6/c1-17(21)9-11(18)13(15(19)22-2)12(14(17)16(20)23-3)10-7-5-4-6-8-10/h4-8,12-14,21H,9H2,1-3H3. The van der Waals surface area contributed by atoms with Gasteiger partial charge < -0.3 is 14.6 Å². The summed E-state index contributed by atoms with van der Waals surface area (Å²) in [4.78, 5) is 36.9. The van der Waals surface area contributed by atoms with Gasteiger partial charge in [-0.1, -0.05) is 30.3 Å². The zero-order valence-electron chi connectivity index (χ0n) is 13.3. The van der Waals surface area contributed by atoms with Gasteiger partial charge >= 0.3 is 11.9 Å². The summed E-state index contributed by atoms with van der Waals surface area (Å²) >= 11 is 0. The maximum Gasteiger partial charge on any atom is 0.316 e. The number of hydrogen-bond acceptors (Lipinski definition) is 6. The molecule has 1 aromatic rings. The van der Waals surface area contributed by atoms with Gasteiger partial charge in [0, 0.05) is 12.3 Å². The number of carbonyl (C=O) groups is 3. The SMILES string of the molecule is COC(=O)C1C(=O)CC(C)(O)C(C(=O)OC)C1c1ccccc1. The van der Waals surface area contributed by atoms with Crippen molar-refractivity contribution in [2.45, 2.75) is 24.9 Å². The zero-order chi connectivity index (χ0) is 17.2. The summed E-state index contributed by atoms with van der Waals surface area (Å²) in [7, 11) is 2.40. The third-order valence-electron chi connectivity index (χ3n) is 4.36. The number of carbonyl (C=O) groups excluding carboxylic acids is 3. The average Bonchev–Trinajstić information content (AvgIpc) is 2.52. The van der Waals surface area contributed by atoms with E-state index in [1.54, 1.807) is 30.3 Å². The lowest BCUT2D eigenvalue weighted by Crippen LogP contribution is -2.55. The Bertz CT molecular complexity index is 607. The molecule has 1 aliphatic rings. The van der Waals surface area contributed by atoms with Crippen molar-refractivity contribution >= 4 is 17.7 Å². The van der Waals surface area contributed by atoms with Crippen molar-refractivity contribution in [1.82, 2.24) is 0 Å². The summed E-state index contributed by atoms with van der Waals surface area (Å²) in [6.07, 6.45) is -0.310. The van der Waals surface area contributed by atoms with Crippen LogP contribution in [0.3, 0.4) is 0 Å². The number of methoxy groups -OCH3 is 2. The van der Waals surface area contributed by atoms with Crippen LogP contribution >= 0.6 is 0 Å². The number of benzene rings is 1. The van der Waals surface area contributed by atoms with E-state index in [2.05, 4.69) is 0 Å². The van der Waals surface area contributed by atoms with Crippen molar-refractivity contribution in [2.24, 2.45) is 11.8 Å². The first kappa shape index (κ1) is 17.1. The third kappa shape index (κ3) is 3.12. The number of ketones is 1. The summed E-state index contributed by atoms with van der Waals surface area (Å²) in [6.45, 7) is 1.41. The second kappa shape index (κ2) is 6.50. The first-order chi connectivity index (χ1) is 10.8. The molecule has 1 aliphatic carbocycles. The highest BCUT2D eigenvalue weighted by Gasteiger charge is 2.56. The van der Waals surface area contributed by atoms with Gasteiger partial charge in [-0.05, 0) is 12.5 Å². The van der Waals surface area contributed by atoms with E-state index in [-0.39, 0.29) is 6.42 Å². The Kier molecular flexibility index (Phi) is 4.85. The topological polar surface area (TPSA) is 89.9 Å². The second-order valence-electron chi connectivity index (χ2n) is 5.94. The van der Waals surface area contributed by atoms with E-state index in [4.69, 9.17) is 9.47 Å². The molecule has 0 bridgehead atoms. The van der Waals surface area contributed by atoms with Gasteiger partial charge in [0.1, 0.15) is 5.92 Å². The van der Waals surface area contributed by atoms with Crippen molar-refractivity contribution in [3.8, 4) is 0 Å². The number of ether oxygens (including phenoxy) is 2. The molecule has 2 rings (SSSR count). The minimum Gasteiger partial charge on any atom is -0.469 e. The summed E-state index contributed by atoms with van der Waals surface area (Å²) < 4.78 is 9.56. The first-order valence-corrected chi connectivity index (χ1v) is 7.29. The predicted octanol–water partition coefficient (Wildman–Crippen LogP) is 1.07. The molecule has 124 valence electrons. The molecule has 0 saturated heterocycles. The van der Waals surface area contributed by atoms with Crippen molar-refractivity contribution < 1.29 is 29.0 Å². The summed E-state index contributed by atoms with van der Waals surface area (Å²) in [5.74, 6) is -4.86. The maximum absolute atomic E-state index is 12.4. The molecule has 1 aromatic carbocycles. The third-order valence-corrected chi connectivity index (χ3v) is 4.36. The van der Waals surface area contributed by atoms with Gasteiger partial charge in [0.2, 0.25) is 0 Å². The lowest BCUT2D eigenvalue weighted by atomic mass is 9.62. The predicted molar refractivity (Wildman–Crippen MR) is 80.4 cm³/mol. The quantitative estimate of drug-likeness (QED) is 0.662. The van der Waals surface area contributed by atoms with E-state index in [9.17, 15) is 19.5 Å². The molecular weight excluding hydrogens is 300 g/mol. The lowest BCUT2D eigenvalue weighted by molar-refractivity contribution is -0.170. The van der Waals surface area contributed by atoms with E-state index in [1.165, 1.54) is 21.1 Å². The van der Waals surface area contributed by atoms with Gasteiger partial charge in [-0.25, -0.2) is 0 Å². The van der Waals surface area contributed by atoms with Crippen LogP contribution in [0, 0.1) is 11.8 Å². The number of aliphatic hydroxyl groups is 1. The van der Waals surface area contributed by atoms with Gasteiger partial charge in [0.05, 0.1) is 25.7 Å². The summed E-state index contributed by atoms with van der Waals surface area (Å²) in [6, 6.07) is 8.70. The Hall–Kier alpha value is -2.21. The molecule has 0 spiro atoms. The molecule has 0 amide bonds. The van der Waals surface area contributed by atoms with Crippen LogP contribution in [-0.4, -0.2) is 42.6 Å². The molecule has 4 atom stereocenters. The van der Waals surface area contributed by atoms with Crippen molar-refractivity contribution in [2.75, 3.05) is 14.2 Å². The van der Waals surface area contributed by atoms with Crippen molar-refractivity contribution in [1.29, 1.82) is 0 Å². The van der Waals surface area contributed by atoms with Crippen LogP contribution in [-0.2, 0) is 23.9 Å². The monoisotopic (exact) mass is 320 g/mol. The minimum atomic E-state index is -1.60. The zero-order valence-corrected chi connectivity index (χ0v) is 13.3. The van der Waals surface area contributed by atoms with E-state index >= 15 is 0 Å². The smallest absolute Gasteiger partial charge is 0.316 e. The largest absolute Gasteiger partial charge is 0.469 e. The van der Waals surface area contributed by atoms with E-state index in [1.807, 2.05) is 0 Å². The maximum atomic E-state index is 12.4. The van der Waals surface area contributed by atoms with Crippen LogP contribution in [0.1, 0.15) is 24.8 Å². The highest BCUT2D eigenvalue weighted by molar-refractivity contribution is 6.02. The molecule has 23 heavy (non-hydrogen) atoms. The Balaban J connectivity index is 2.61. The normalized spacial score (nSPS) is 30.6. The number of Topliss-reactive ketones (excluding diaryl/α,β-unsaturated/α-hetero) is 1. The van der Waals surface area contributed by atoms with Crippen molar-refractivity contribution in [3.63, 3.8) is 0 Å². The molecule has 1 N–H and O–H groups in total. The van der Waals surface area contributed by atoms with Gasteiger partial charge in [0.25, 0.3) is 0 Å². The van der Waals surface area contributed by atoms with Crippen LogP contribution in [0.15, 0.2) is 30.3 Å². The lowest BCUT2D eigenvalue weighted by Gasteiger charge is -2.43. The minimum absolute atomic E-state index is 0.310. The summed E-state index contributed by atoms with van der Waals surface area (Å²) in [5.41, 5.74) is -0.999. The molecule has 0 heterocycles. The average molecular weight is 320 g/mol. The fraction of sp³-hybridized carbons (Fsp3) is 0.471. The van der Waals surface area contributed by atoms with Crippen LogP contribution < -0.4 is 0 Å². The van der Waals surface area contributed by atoms with Gasteiger partial charge in [-0.3, -0.25) is 14.4 Å². The molecule has 4 unspecified atom stereocenters. The molecule has 0 radical (unpaired) electrons. The van der Waals surface area contributed by atoms with Crippen LogP contribution in [0.2, 0.25) is 0 Å². The molecule has 0 aliphatic heterocycles. The van der Waals surface area contributed by atoms with Crippen molar-refractivity contribution in [3.05, 3.63) is 35.9 Å². The Labute approximate surface area is 134 Å². The fourth-order valence-corrected chi connectivity index (χ4v) is 3.34. The van der Waals surface area contributed by atoms with Crippen LogP contribution in [0.5, 0.6) is 0 Å². The molecule has 6 nitrogen and oxygen atoms in total. The first-order valence-electron chi connectivity index (χ1n) is 7.29. The number of rotatable bonds is 3. The highest BCUT2D eigenvalue weighted by Crippen LogP contribution is 2.46. The van der Waals surface area contributed by atoms with Crippen LogP contribution in [0.25, 0.3) is 0 Å². The van der Waals surface area contributed by atoms with E-state index < -0.39 is 41.1 Å². The highest BCUT2D eigenvalue weighted by atomic mass is 16.5. The molecular formula is C17H20O6. The Morgan fingerprint density at radius 1 is 1.13 bits per heavy atom. The van der Waals surface area contributed by atoms with Gasteiger partial charge in [-0.2, -0.15) is 0 Å². The molecule has 0 aromatic heterocycles. The van der Waals surface area contributed by atoms with E-state index in [0.29, 0.717) is 5.56 Å². The van der Waals surface area contributed by atoms with Crippen LogP contribution in [0.4, 0.5) is 0 Å². The molecule has 6 heteroatoms. The van der Waals surface area contributed by atoms with Gasteiger partial charge in [0.15, 0.2) is 5.78 Å². The van der Waals surface area contributed by atoms with Gasteiger partial charge in [-0.15, -0.1) is 0 Å². The molecule has 1 fully saturated rings.